The van der Waals surface area contributed by atoms with Crippen LogP contribution in [0.3, 0.4) is 0 Å². The Morgan fingerprint density at radius 3 is 1.93 bits per heavy atom. The van der Waals surface area contributed by atoms with Crippen LogP contribution in [0.25, 0.3) is 0 Å². The number of aromatic nitrogens is 2. The van der Waals surface area contributed by atoms with Crippen molar-refractivity contribution >= 4 is 33.4 Å². The molecule has 0 spiro atoms. The summed E-state index contributed by atoms with van der Waals surface area (Å²) in [6.07, 6.45) is 40.6. The number of esters is 2. The van der Waals surface area contributed by atoms with Gasteiger partial charge in [-0.2, -0.15) is 9.29 Å². The highest BCUT2D eigenvalue weighted by molar-refractivity contribution is 7.61. The van der Waals surface area contributed by atoms with E-state index in [2.05, 4.69) is 83.9 Å². The molecular weight excluding hydrogens is 985 g/mol. The first kappa shape index (κ1) is 64.5. The molecule has 2 heterocycles. The van der Waals surface area contributed by atoms with Crippen LogP contribution in [-0.2, 0) is 46.3 Å². The van der Waals surface area contributed by atoms with Crippen LogP contribution < -0.4 is 11.4 Å². The minimum atomic E-state index is -5.46. The third-order valence-electron chi connectivity index (χ3n) is 10.4. The summed E-state index contributed by atoms with van der Waals surface area (Å²) in [5.74, 6) is -1.45. The van der Waals surface area contributed by atoms with E-state index in [1.54, 1.807) is 12.2 Å². The maximum atomic E-state index is 12.9. The number of nitrogen functional groups attached to an aromatic ring is 1. The Balaban J connectivity index is 1.86. The van der Waals surface area contributed by atoms with Crippen molar-refractivity contribution in [2.45, 2.75) is 160 Å². The van der Waals surface area contributed by atoms with E-state index in [4.69, 9.17) is 29.0 Å². The fourth-order valence-corrected chi connectivity index (χ4v) is 8.71. The van der Waals surface area contributed by atoms with Gasteiger partial charge in [0.1, 0.15) is 30.7 Å². The van der Waals surface area contributed by atoms with Crippen molar-refractivity contribution in [3.63, 3.8) is 0 Å². The van der Waals surface area contributed by atoms with Crippen molar-refractivity contribution in [1.29, 1.82) is 0 Å². The van der Waals surface area contributed by atoms with Gasteiger partial charge in [-0.15, -0.1) is 0 Å². The van der Waals surface area contributed by atoms with E-state index in [-0.39, 0.29) is 18.7 Å². The first-order valence-electron chi connectivity index (χ1n) is 25.0. The van der Waals surface area contributed by atoms with Crippen molar-refractivity contribution in [1.82, 2.24) is 9.55 Å². The van der Waals surface area contributed by atoms with E-state index < -0.39 is 89.8 Å². The second-order valence-corrected chi connectivity index (χ2v) is 19.8. The van der Waals surface area contributed by atoms with E-state index in [0.29, 0.717) is 32.1 Å². The lowest BCUT2D eigenvalue weighted by molar-refractivity contribution is -0.161. The third kappa shape index (κ3) is 31.7. The van der Waals surface area contributed by atoms with Crippen molar-refractivity contribution in [3.05, 3.63) is 132 Å². The number of unbranched alkanes of at least 4 members (excludes halogenated alkanes) is 5. The quantitative estimate of drug-likeness (QED) is 0.0118. The highest BCUT2D eigenvalue weighted by atomic mass is 31.3. The van der Waals surface area contributed by atoms with Crippen LogP contribution in [0.15, 0.2) is 126 Å². The van der Waals surface area contributed by atoms with E-state index in [1.807, 2.05) is 36.5 Å². The molecule has 7 N–H and O–H groups in total. The molecule has 1 fully saturated rings. The molecule has 8 atom stereocenters. The van der Waals surface area contributed by atoms with Gasteiger partial charge in [-0.05, 0) is 89.5 Å². The van der Waals surface area contributed by atoms with Gasteiger partial charge in [0, 0.05) is 19.0 Å². The van der Waals surface area contributed by atoms with Gasteiger partial charge in [0.2, 0.25) is 0 Å². The maximum absolute atomic E-state index is 12.9. The molecule has 19 nitrogen and oxygen atoms in total. The van der Waals surface area contributed by atoms with Gasteiger partial charge in [-0.3, -0.25) is 23.2 Å². The highest BCUT2D eigenvalue weighted by Gasteiger charge is 2.46. The van der Waals surface area contributed by atoms with Gasteiger partial charge >= 0.3 is 33.3 Å². The molecule has 1 aromatic rings. The number of carbonyl (C=O) groups excluding carboxylic acids is 2. The molecule has 0 aromatic carbocycles. The van der Waals surface area contributed by atoms with Gasteiger partial charge in [0.25, 0.3) is 0 Å². The minimum absolute atomic E-state index is 0.00397. The highest BCUT2D eigenvalue weighted by Crippen LogP contribution is 2.60. The van der Waals surface area contributed by atoms with Crippen LogP contribution in [0.2, 0.25) is 0 Å². The number of hydrogen-bond donors (Lipinski definition) is 6. The largest absolute Gasteiger partial charge is 0.481 e. The molecular formula is C52H79N3O16P2. The standard InChI is InChI=1S/C52H79N3O16P2/c1-3-5-7-9-11-12-13-14-15-16-17-18-19-20-25-29-33-37-48(58)69-44(40-66-47(57)36-32-28-24-22-21-23-27-31-35-43(56)34-30-26-10-8-6-4-2)41-67-72(62,63)71-73(64,65)68-42-45-49(59)50(60)51(70-45)55-39-38-46(53)54-52(55)61/h5-8,11-12,14-15,17-18,22-24,26-27,30-31,35,38-39,43-45,49-51,56,59-60H,3-4,9-10,13,16,19-21,25,28-29,32-34,36-37,40-42H2,1-2H3,(H,62,63)(H,64,65)(H2,53,54,61)/b7-5-,8-6-,12-11-,15-14-,18-17-,24-22-,27-23-,30-26-,35-31+/t43?,44-,45-,49-,50-,51-/m1/s1. The van der Waals surface area contributed by atoms with Crippen LogP contribution in [0, 0.1) is 0 Å². The van der Waals surface area contributed by atoms with Crippen LogP contribution in [0.1, 0.15) is 129 Å². The van der Waals surface area contributed by atoms with Crippen LogP contribution in [0.4, 0.5) is 5.82 Å². The topological polar surface area (TPSA) is 286 Å². The molecule has 0 amide bonds. The Kier molecular flexibility index (Phi) is 34.4. The minimum Gasteiger partial charge on any atom is -0.462 e. The molecule has 0 aliphatic carbocycles. The fourth-order valence-electron chi connectivity index (χ4n) is 6.60. The predicted molar refractivity (Wildman–Crippen MR) is 280 cm³/mol. The zero-order valence-electron chi connectivity index (χ0n) is 42.2. The lowest BCUT2D eigenvalue weighted by Gasteiger charge is -2.21. The summed E-state index contributed by atoms with van der Waals surface area (Å²) in [6.45, 7) is 1.75. The molecule has 1 saturated heterocycles. The molecule has 0 radical (unpaired) electrons. The summed E-state index contributed by atoms with van der Waals surface area (Å²) in [4.78, 5) is 61.9. The second-order valence-electron chi connectivity index (χ2n) is 16.7. The van der Waals surface area contributed by atoms with Crippen molar-refractivity contribution in [2.75, 3.05) is 25.6 Å². The summed E-state index contributed by atoms with van der Waals surface area (Å²) in [5, 5.41) is 31.0. The van der Waals surface area contributed by atoms with E-state index in [9.17, 15) is 48.6 Å². The fraction of sp³-hybridized carbons (Fsp3) is 0.538. The Morgan fingerprint density at radius 1 is 0.726 bits per heavy atom. The van der Waals surface area contributed by atoms with Gasteiger partial charge in [0.05, 0.1) is 19.3 Å². The molecule has 1 aliphatic rings. The average Bonchev–Trinajstić information content (AvgIpc) is 3.62. The molecule has 21 heteroatoms. The number of ether oxygens (including phenoxy) is 3. The lowest BCUT2D eigenvalue weighted by Crippen LogP contribution is -2.36. The Hall–Kier alpha value is -4.62. The van der Waals surface area contributed by atoms with Crippen LogP contribution >= 0.6 is 15.6 Å². The third-order valence-corrected chi connectivity index (χ3v) is 13.0. The molecule has 1 aromatic heterocycles. The number of allylic oxidation sites excluding steroid dienone is 16. The van der Waals surface area contributed by atoms with Gasteiger partial charge in [-0.25, -0.2) is 13.9 Å². The molecule has 408 valence electrons. The van der Waals surface area contributed by atoms with Gasteiger partial charge in [-0.1, -0.05) is 136 Å². The van der Waals surface area contributed by atoms with Gasteiger partial charge in [0.15, 0.2) is 12.3 Å². The van der Waals surface area contributed by atoms with Crippen LogP contribution in [0.5, 0.6) is 0 Å². The van der Waals surface area contributed by atoms with Crippen LogP contribution in [-0.4, -0.2) is 96.9 Å². The first-order valence-corrected chi connectivity index (χ1v) is 28.0. The number of rotatable bonds is 39. The van der Waals surface area contributed by atoms with Crippen molar-refractivity contribution in [2.24, 2.45) is 0 Å². The number of nitrogens with two attached hydrogens (primary N) is 1. The molecule has 0 saturated carbocycles. The molecule has 3 unspecified atom stereocenters. The Bertz CT molecular complexity index is 2170. The number of phosphoric ester groups is 2. The molecule has 1 aliphatic heterocycles. The summed E-state index contributed by atoms with van der Waals surface area (Å²) in [7, 11) is -10.9. The summed E-state index contributed by atoms with van der Waals surface area (Å²) >= 11 is 0. The Morgan fingerprint density at radius 2 is 1.29 bits per heavy atom. The van der Waals surface area contributed by atoms with Crippen molar-refractivity contribution in [3.8, 4) is 0 Å². The zero-order chi connectivity index (χ0) is 53.6. The number of hydrogen-bond acceptors (Lipinski definition) is 16. The molecule has 0 bridgehead atoms. The summed E-state index contributed by atoms with van der Waals surface area (Å²) in [6, 6.07) is 1.24. The Labute approximate surface area is 430 Å². The van der Waals surface area contributed by atoms with Crippen molar-refractivity contribution < 1.29 is 71.4 Å². The average molecular weight is 1060 g/mol. The number of aliphatic hydroxyl groups is 3. The van der Waals surface area contributed by atoms with E-state index in [0.717, 1.165) is 75.0 Å². The lowest BCUT2D eigenvalue weighted by atomic mass is 10.1. The predicted octanol–water partition coefficient (Wildman–Crippen LogP) is 9.19. The number of nitrogens with zero attached hydrogens (tertiary/aromatic N) is 2. The van der Waals surface area contributed by atoms with Gasteiger partial charge < -0.3 is 45.1 Å². The summed E-state index contributed by atoms with van der Waals surface area (Å²) in [5.41, 5.74) is 4.57. The smallest absolute Gasteiger partial charge is 0.462 e. The molecule has 2 rings (SSSR count). The number of anilines is 1. The molecule has 73 heavy (non-hydrogen) atoms. The van der Waals surface area contributed by atoms with E-state index >= 15 is 0 Å². The number of carbonyl (C=O) groups is 2. The summed E-state index contributed by atoms with van der Waals surface area (Å²) < 4.78 is 56.6. The maximum Gasteiger partial charge on any atom is 0.481 e. The number of aliphatic hydroxyl groups excluding tert-OH is 3. The SMILES string of the molecule is CC/C=C\C/C=C\C/C=C\C/C=C\CCCCCCC(=O)O[C@H](COC(=O)CCC/C=C\C/C=C\C=C\C(O)C/C=C\C/C=C\CC)COP(=O)(O)OP(=O)(O)OC[C@H]1O[C@@H](n2ccc(N)nc2=O)[C@H](O)[C@@H]1O. The zero-order valence-corrected chi connectivity index (χ0v) is 44.0. The normalized spacial score (nSPS) is 20.3. The van der Waals surface area contributed by atoms with E-state index in [1.165, 1.54) is 6.07 Å². The first-order chi connectivity index (χ1) is 35.1. The monoisotopic (exact) mass is 1060 g/mol. The second kappa shape index (κ2) is 38.9. The number of phosphoric acid groups is 2.